The van der Waals surface area contributed by atoms with Gasteiger partial charge in [-0.1, -0.05) is 0 Å². The maximum absolute atomic E-state index is 9.94. The highest BCUT2D eigenvalue weighted by Gasteiger charge is 2.35. The van der Waals surface area contributed by atoms with E-state index in [1.165, 1.54) is 7.11 Å². The van der Waals surface area contributed by atoms with Gasteiger partial charge in [0.15, 0.2) is 11.5 Å². The van der Waals surface area contributed by atoms with Gasteiger partial charge in [-0.25, -0.2) is 0 Å². The Balaban J connectivity index is 1.86. The van der Waals surface area contributed by atoms with Crippen molar-refractivity contribution in [3.8, 4) is 17.6 Å². The van der Waals surface area contributed by atoms with Gasteiger partial charge in [0, 0.05) is 25.7 Å². The third-order valence-corrected chi connectivity index (χ3v) is 3.66. The second-order valence-corrected chi connectivity index (χ2v) is 5.23. The first-order valence-corrected chi connectivity index (χ1v) is 6.87. The van der Waals surface area contributed by atoms with E-state index in [-0.39, 0.29) is 6.61 Å². The first-order valence-electron chi connectivity index (χ1n) is 6.87. The van der Waals surface area contributed by atoms with Crippen LogP contribution >= 0.6 is 0 Å². The van der Waals surface area contributed by atoms with Crippen molar-refractivity contribution in [2.75, 3.05) is 40.0 Å². The molecule has 0 amide bonds. The lowest BCUT2D eigenvalue weighted by Crippen LogP contribution is -2.37. The number of nitrogens with zero attached hydrogens (tertiary/aromatic N) is 2. The van der Waals surface area contributed by atoms with E-state index in [0.717, 1.165) is 6.54 Å². The van der Waals surface area contributed by atoms with Crippen LogP contribution in [0.4, 0.5) is 0 Å². The van der Waals surface area contributed by atoms with Crippen molar-refractivity contribution in [2.24, 2.45) is 0 Å². The standard InChI is InChI=1S/C15H20N2O4/c1-20-14-8-12(9-16)2-3-13(14)21-7-6-17-5-4-15(19,10-17)11-18/h2-3,8,18-19H,4-7,10-11H2,1H3. The lowest BCUT2D eigenvalue weighted by atomic mass is 10.1. The number of likely N-dealkylation sites (tertiary alicyclic amines) is 1. The first kappa shape index (κ1) is 15.6. The molecule has 0 saturated carbocycles. The number of methoxy groups -OCH3 is 1. The van der Waals surface area contributed by atoms with Crippen LogP contribution in [0.25, 0.3) is 0 Å². The Kier molecular flexibility index (Phi) is 5.02. The summed E-state index contributed by atoms with van der Waals surface area (Å²) in [7, 11) is 1.53. The molecule has 6 heteroatoms. The van der Waals surface area contributed by atoms with Crippen LogP contribution < -0.4 is 9.47 Å². The van der Waals surface area contributed by atoms with Crippen LogP contribution in [-0.2, 0) is 0 Å². The summed E-state index contributed by atoms with van der Waals surface area (Å²) in [5, 5.41) is 27.9. The van der Waals surface area contributed by atoms with Crippen molar-refractivity contribution in [3.63, 3.8) is 0 Å². The number of hydrogen-bond donors (Lipinski definition) is 2. The Hall–Kier alpha value is -1.81. The van der Waals surface area contributed by atoms with Crippen molar-refractivity contribution in [2.45, 2.75) is 12.0 Å². The van der Waals surface area contributed by atoms with Gasteiger partial charge in [-0.05, 0) is 18.6 Å². The summed E-state index contributed by atoms with van der Waals surface area (Å²) < 4.78 is 10.9. The second kappa shape index (κ2) is 6.76. The fraction of sp³-hybridized carbons (Fsp3) is 0.533. The van der Waals surface area contributed by atoms with E-state index < -0.39 is 5.60 Å². The number of aliphatic hydroxyl groups excluding tert-OH is 1. The summed E-state index contributed by atoms with van der Waals surface area (Å²) in [5.41, 5.74) is -0.460. The van der Waals surface area contributed by atoms with Crippen LogP contribution in [0.3, 0.4) is 0 Å². The average molecular weight is 292 g/mol. The fourth-order valence-electron chi connectivity index (χ4n) is 2.40. The third-order valence-electron chi connectivity index (χ3n) is 3.66. The average Bonchev–Trinajstić information content (AvgIpc) is 2.89. The third kappa shape index (κ3) is 3.85. The molecule has 0 radical (unpaired) electrons. The highest BCUT2D eigenvalue weighted by atomic mass is 16.5. The van der Waals surface area contributed by atoms with Gasteiger partial charge in [0.05, 0.1) is 25.3 Å². The normalized spacial score (nSPS) is 22.0. The van der Waals surface area contributed by atoms with E-state index in [1.807, 2.05) is 11.0 Å². The summed E-state index contributed by atoms with van der Waals surface area (Å²) in [5.74, 6) is 1.12. The van der Waals surface area contributed by atoms with E-state index in [0.29, 0.717) is 43.2 Å². The lowest BCUT2D eigenvalue weighted by Gasteiger charge is -2.21. The molecule has 2 N–H and O–H groups in total. The molecule has 114 valence electrons. The van der Waals surface area contributed by atoms with E-state index in [9.17, 15) is 5.11 Å². The first-order chi connectivity index (χ1) is 10.1. The molecule has 0 aromatic heterocycles. The number of rotatable bonds is 6. The molecule has 1 fully saturated rings. The number of hydrogen-bond acceptors (Lipinski definition) is 6. The minimum absolute atomic E-state index is 0.214. The fourth-order valence-corrected chi connectivity index (χ4v) is 2.40. The summed E-state index contributed by atoms with van der Waals surface area (Å²) in [4.78, 5) is 2.05. The topological polar surface area (TPSA) is 86.0 Å². The zero-order valence-corrected chi connectivity index (χ0v) is 12.1. The van der Waals surface area contributed by atoms with Gasteiger partial charge in [0.25, 0.3) is 0 Å². The Morgan fingerprint density at radius 2 is 2.24 bits per heavy atom. The minimum atomic E-state index is -0.980. The molecule has 21 heavy (non-hydrogen) atoms. The van der Waals surface area contributed by atoms with Crippen LogP contribution in [0.5, 0.6) is 11.5 Å². The number of β-amino-alcohol motifs (C(OH)–C–C–N with tert-alkyl or cyclic N) is 1. The molecule has 0 bridgehead atoms. The van der Waals surface area contributed by atoms with E-state index in [1.54, 1.807) is 18.2 Å². The molecular formula is C15H20N2O4. The zero-order valence-electron chi connectivity index (χ0n) is 12.1. The number of aliphatic hydroxyl groups is 2. The molecule has 1 unspecified atom stereocenters. The summed E-state index contributed by atoms with van der Waals surface area (Å²) in [6, 6.07) is 7.08. The van der Waals surface area contributed by atoms with E-state index in [2.05, 4.69) is 0 Å². The monoisotopic (exact) mass is 292 g/mol. The van der Waals surface area contributed by atoms with Crippen molar-refractivity contribution < 1.29 is 19.7 Å². The van der Waals surface area contributed by atoms with Crippen LogP contribution in [0.1, 0.15) is 12.0 Å². The van der Waals surface area contributed by atoms with Crippen LogP contribution in [0, 0.1) is 11.3 Å². The molecule has 1 aliphatic heterocycles. The number of ether oxygens (including phenoxy) is 2. The SMILES string of the molecule is COc1cc(C#N)ccc1OCCN1CCC(O)(CO)C1. The van der Waals surface area contributed by atoms with Crippen molar-refractivity contribution >= 4 is 0 Å². The van der Waals surface area contributed by atoms with Crippen molar-refractivity contribution in [1.29, 1.82) is 5.26 Å². The van der Waals surface area contributed by atoms with Crippen LogP contribution in [-0.4, -0.2) is 60.7 Å². The summed E-state index contributed by atoms with van der Waals surface area (Å²) in [6.45, 7) is 2.09. The Morgan fingerprint density at radius 1 is 1.43 bits per heavy atom. The van der Waals surface area contributed by atoms with Crippen LogP contribution in [0.2, 0.25) is 0 Å². The number of nitriles is 1. The predicted molar refractivity (Wildman–Crippen MR) is 76.3 cm³/mol. The molecular weight excluding hydrogens is 272 g/mol. The van der Waals surface area contributed by atoms with E-state index >= 15 is 0 Å². The maximum Gasteiger partial charge on any atom is 0.162 e. The molecule has 0 aliphatic carbocycles. The van der Waals surface area contributed by atoms with Gasteiger partial charge >= 0.3 is 0 Å². The molecule has 1 aromatic rings. The molecule has 1 atom stereocenters. The highest BCUT2D eigenvalue weighted by Crippen LogP contribution is 2.28. The van der Waals surface area contributed by atoms with Gasteiger partial charge in [0.2, 0.25) is 0 Å². The van der Waals surface area contributed by atoms with Gasteiger partial charge in [-0.15, -0.1) is 0 Å². The maximum atomic E-state index is 9.94. The highest BCUT2D eigenvalue weighted by molar-refractivity contribution is 5.46. The smallest absolute Gasteiger partial charge is 0.162 e. The number of benzene rings is 1. The van der Waals surface area contributed by atoms with Gasteiger partial charge in [-0.2, -0.15) is 5.26 Å². The molecule has 1 heterocycles. The second-order valence-electron chi connectivity index (χ2n) is 5.23. The minimum Gasteiger partial charge on any atom is -0.493 e. The van der Waals surface area contributed by atoms with Crippen LogP contribution in [0.15, 0.2) is 18.2 Å². The molecule has 1 aliphatic rings. The van der Waals surface area contributed by atoms with Gasteiger partial charge < -0.3 is 19.7 Å². The molecule has 1 aromatic carbocycles. The molecule has 0 spiro atoms. The van der Waals surface area contributed by atoms with E-state index in [4.69, 9.17) is 19.8 Å². The quantitative estimate of drug-likeness (QED) is 0.788. The molecule has 1 saturated heterocycles. The Morgan fingerprint density at radius 3 is 2.86 bits per heavy atom. The molecule has 6 nitrogen and oxygen atoms in total. The molecule has 2 rings (SSSR count). The summed E-state index contributed by atoms with van der Waals surface area (Å²) >= 11 is 0. The predicted octanol–water partition coefficient (Wildman–Crippen LogP) is 0.375. The lowest BCUT2D eigenvalue weighted by molar-refractivity contribution is -0.00591. The largest absolute Gasteiger partial charge is 0.493 e. The van der Waals surface area contributed by atoms with Gasteiger partial charge in [0.1, 0.15) is 12.2 Å². The Labute approximate surface area is 124 Å². The summed E-state index contributed by atoms with van der Waals surface area (Å²) in [6.07, 6.45) is 0.573. The Bertz CT molecular complexity index is 529. The van der Waals surface area contributed by atoms with Crippen molar-refractivity contribution in [1.82, 2.24) is 4.90 Å². The van der Waals surface area contributed by atoms with Gasteiger partial charge in [-0.3, -0.25) is 4.90 Å². The van der Waals surface area contributed by atoms with Crippen molar-refractivity contribution in [3.05, 3.63) is 23.8 Å². The zero-order chi connectivity index (χ0) is 15.3.